The molecule has 0 saturated carbocycles. The van der Waals surface area contributed by atoms with Crippen molar-refractivity contribution in [1.29, 1.82) is 0 Å². The molecule has 122 valence electrons. The van der Waals surface area contributed by atoms with Crippen LogP contribution >= 0.6 is 0 Å². The molecule has 1 N–H and O–H groups in total. The zero-order valence-electron chi connectivity index (χ0n) is 13.8. The second kappa shape index (κ2) is 5.63. The van der Waals surface area contributed by atoms with Crippen molar-refractivity contribution >= 4 is 28.4 Å². The van der Waals surface area contributed by atoms with E-state index >= 15 is 0 Å². The van der Waals surface area contributed by atoms with Crippen LogP contribution in [0.3, 0.4) is 0 Å². The van der Waals surface area contributed by atoms with Gasteiger partial charge in [-0.25, -0.2) is 9.97 Å². The number of nitrogens with one attached hydrogen (secondary N) is 1. The molecular formula is C18H19N5O. The molecule has 3 aromatic rings. The van der Waals surface area contributed by atoms with Crippen molar-refractivity contribution < 1.29 is 4.79 Å². The second-order valence-electron chi connectivity index (χ2n) is 6.25. The van der Waals surface area contributed by atoms with Crippen LogP contribution in [0.5, 0.6) is 0 Å². The summed E-state index contributed by atoms with van der Waals surface area (Å²) in [6.07, 6.45) is 3.38. The standard InChI is InChI=1S/C18H19N5O/c1-12-7-13(2)9-14(8-12)23-6-5-22(10-16(23)24)18-15-3-4-19-17(15)20-11-21-18/h3-4,7-9,11H,5-6,10H2,1-2H3,(H,19,20,21). The van der Waals surface area contributed by atoms with Crippen molar-refractivity contribution in [3.05, 3.63) is 47.9 Å². The number of benzene rings is 1. The Morgan fingerprint density at radius 3 is 2.62 bits per heavy atom. The summed E-state index contributed by atoms with van der Waals surface area (Å²) in [5.41, 5.74) is 4.12. The van der Waals surface area contributed by atoms with E-state index < -0.39 is 0 Å². The molecule has 2 aromatic heterocycles. The fourth-order valence-corrected chi connectivity index (χ4v) is 3.34. The lowest BCUT2D eigenvalue weighted by Gasteiger charge is -2.35. The Hall–Kier alpha value is -2.89. The molecule has 0 radical (unpaired) electrons. The van der Waals surface area contributed by atoms with Crippen molar-refractivity contribution in [2.75, 3.05) is 29.4 Å². The van der Waals surface area contributed by atoms with Gasteiger partial charge in [-0.15, -0.1) is 0 Å². The molecule has 6 heteroatoms. The molecule has 0 bridgehead atoms. The summed E-state index contributed by atoms with van der Waals surface area (Å²) in [7, 11) is 0. The van der Waals surface area contributed by atoms with Gasteiger partial charge in [0.05, 0.1) is 11.9 Å². The minimum atomic E-state index is 0.0912. The number of piperazine rings is 1. The maximum atomic E-state index is 12.7. The van der Waals surface area contributed by atoms with E-state index in [1.54, 1.807) is 0 Å². The van der Waals surface area contributed by atoms with Crippen LogP contribution in [-0.2, 0) is 4.79 Å². The van der Waals surface area contributed by atoms with E-state index in [2.05, 4.69) is 47.0 Å². The number of nitrogens with zero attached hydrogens (tertiary/aromatic N) is 4. The van der Waals surface area contributed by atoms with Gasteiger partial charge in [-0.1, -0.05) is 6.07 Å². The topological polar surface area (TPSA) is 65.1 Å². The third kappa shape index (κ3) is 2.50. The number of fused-ring (bicyclic) bond motifs is 1. The Balaban J connectivity index is 1.60. The summed E-state index contributed by atoms with van der Waals surface area (Å²) in [5, 5.41) is 0.949. The maximum absolute atomic E-state index is 12.7. The zero-order valence-corrected chi connectivity index (χ0v) is 13.8. The molecule has 1 saturated heterocycles. The third-order valence-electron chi connectivity index (χ3n) is 4.37. The largest absolute Gasteiger partial charge is 0.346 e. The summed E-state index contributed by atoms with van der Waals surface area (Å²) in [6.45, 7) is 5.83. The number of H-pyrrole nitrogens is 1. The molecule has 0 aliphatic carbocycles. The molecule has 24 heavy (non-hydrogen) atoms. The van der Waals surface area contributed by atoms with Gasteiger partial charge in [0.25, 0.3) is 0 Å². The third-order valence-corrected chi connectivity index (χ3v) is 4.37. The van der Waals surface area contributed by atoms with Gasteiger partial charge >= 0.3 is 0 Å². The Labute approximate surface area is 140 Å². The summed E-state index contributed by atoms with van der Waals surface area (Å²) >= 11 is 0. The number of anilines is 2. The highest BCUT2D eigenvalue weighted by molar-refractivity contribution is 5.99. The number of carbonyl (C=O) groups excluding carboxylic acids is 1. The molecule has 1 amide bonds. The summed E-state index contributed by atoms with van der Waals surface area (Å²) < 4.78 is 0. The first-order chi connectivity index (χ1) is 11.6. The predicted octanol–water partition coefficient (Wildman–Crippen LogP) is 2.43. The number of hydrogen-bond acceptors (Lipinski definition) is 4. The number of carbonyl (C=O) groups is 1. The maximum Gasteiger partial charge on any atom is 0.246 e. The quantitative estimate of drug-likeness (QED) is 0.787. The Morgan fingerprint density at radius 2 is 1.88 bits per heavy atom. The Kier molecular flexibility index (Phi) is 3.45. The van der Waals surface area contributed by atoms with Crippen molar-refractivity contribution in [2.45, 2.75) is 13.8 Å². The lowest BCUT2D eigenvalue weighted by molar-refractivity contribution is -0.117. The SMILES string of the molecule is Cc1cc(C)cc(N2CCN(c3ncnc4[nH]ccc34)CC2=O)c1. The fourth-order valence-electron chi connectivity index (χ4n) is 3.34. The molecule has 6 nitrogen and oxygen atoms in total. The van der Waals surface area contributed by atoms with Crippen LogP contribution in [0.25, 0.3) is 11.0 Å². The first-order valence-electron chi connectivity index (χ1n) is 8.03. The van der Waals surface area contributed by atoms with Gasteiger partial charge < -0.3 is 14.8 Å². The van der Waals surface area contributed by atoms with E-state index in [1.165, 1.54) is 17.5 Å². The number of aryl methyl sites for hydroxylation is 2. The van der Waals surface area contributed by atoms with Crippen molar-refractivity contribution in [1.82, 2.24) is 15.0 Å². The lowest BCUT2D eigenvalue weighted by atomic mass is 10.1. The van der Waals surface area contributed by atoms with Crippen LogP contribution in [0.15, 0.2) is 36.8 Å². The van der Waals surface area contributed by atoms with E-state index in [9.17, 15) is 4.79 Å². The second-order valence-corrected chi connectivity index (χ2v) is 6.25. The zero-order chi connectivity index (χ0) is 16.7. The van der Waals surface area contributed by atoms with Gasteiger partial charge in [-0.3, -0.25) is 4.79 Å². The van der Waals surface area contributed by atoms with Crippen LogP contribution < -0.4 is 9.80 Å². The highest BCUT2D eigenvalue weighted by Crippen LogP contribution is 2.26. The van der Waals surface area contributed by atoms with E-state index in [1.807, 2.05) is 22.1 Å². The molecule has 1 aliphatic heterocycles. The van der Waals surface area contributed by atoms with E-state index in [-0.39, 0.29) is 5.91 Å². The molecule has 1 aliphatic rings. The van der Waals surface area contributed by atoms with Gasteiger partial charge in [0.2, 0.25) is 5.91 Å². The number of amides is 1. The molecule has 1 aromatic carbocycles. The molecular weight excluding hydrogens is 302 g/mol. The molecule has 4 rings (SSSR count). The molecule has 0 unspecified atom stereocenters. The smallest absolute Gasteiger partial charge is 0.246 e. The first-order valence-corrected chi connectivity index (χ1v) is 8.03. The molecule has 1 fully saturated rings. The summed E-state index contributed by atoms with van der Waals surface area (Å²) in [4.78, 5) is 28.3. The van der Waals surface area contributed by atoms with E-state index in [0.29, 0.717) is 13.1 Å². The highest BCUT2D eigenvalue weighted by Gasteiger charge is 2.27. The summed E-state index contributed by atoms with van der Waals surface area (Å²) in [5.74, 6) is 0.906. The van der Waals surface area contributed by atoms with Gasteiger partial charge in [-0.2, -0.15) is 0 Å². The molecule has 0 atom stereocenters. The van der Waals surface area contributed by atoms with Crippen molar-refractivity contribution in [2.24, 2.45) is 0 Å². The minimum Gasteiger partial charge on any atom is -0.346 e. The van der Waals surface area contributed by atoms with Crippen LogP contribution in [0.1, 0.15) is 11.1 Å². The number of aromatic amines is 1. The number of aromatic nitrogens is 3. The Morgan fingerprint density at radius 1 is 1.08 bits per heavy atom. The minimum absolute atomic E-state index is 0.0912. The van der Waals surface area contributed by atoms with Gasteiger partial charge in [0.1, 0.15) is 17.8 Å². The van der Waals surface area contributed by atoms with Gasteiger partial charge in [-0.05, 0) is 43.2 Å². The average Bonchev–Trinajstić information content (AvgIpc) is 3.02. The van der Waals surface area contributed by atoms with Gasteiger partial charge in [0, 0.05) is 25.0 Å². The monoisotopic (exact) mass is 321 g/mol. The van der Waals surface area contributed by atoms with E-state index in [4.69, 9.17) is 0 Å². The molecule has 3 heterocycles. The van der Waals surface area contributed by atoms with Crippen LogP contribution in [-0.4, -0.2) is 40.5 Å². The first kappa shape index (κ1) is 14.7. The van der Waals surface area contributed by atoms with Crippen LogP contribution in [0.2, 0.25) is 0 Å². The highest BCUT2D eigenvalue weighted by atomic mass is 16.2. The fraction of sp³-hybridized carbons (Fsp3) is 0.278. The van der Waals surface area contributed by atoms with Gasteiger partial charge in [0.15, 0.2) is 0 Å². The van der Waals surface area contributed by atoms with Crippen LogP contribution in [0, 0.1) is 13.8 Å². The summed E-state index contributed by atoms with van der Waals surface area (Å²) in [6, 6.07) is 8.20. The normalized spacial score (nSPS) is 15.3. The van der Waals surface area contributed by atoms with Crippen LogP contribution in [0.4, 0.5) is 11.5 Å². The lowest BCUT2D eigenvalue weighted by Crippen LogP contribution is -2.51. The Bertz CT molecular complexity index is 896. The average molecular weight is 321 g/mol. The molecule has 0 spiro atoms. The van der Waals surface area contributed by atoms with E-state index in [0.717, 1.165) is 29.1 Å². The van der Waals surface area contributed by atoms with Crippen molar-refractivity contribution in [3.8, 4) is 0 Å². The predicted molar refractivity (Wildman–Crippen MR) is 94.4 cm³/mol. The number of hydrogen-bond donors (Lipinski definition) is 1. The number of rotatable bonds is 2. The van der Waals surface area contributed by atoms with Crippen molar-refractivity contribution in [3.63, 3.8) is 0 Å².